The largest absolute Gasteiger partial charge is 0.340 e. The van der Waals surface area contributed by atoms with Crippen LogP contribution in [-0.4, -0.2) is 23.0 Å². The second-order valence-electron chi connectivity index (χ2n) is 8.88. The van der Waals surface area contributed by atoms with E-state index in [4.69, 9.17) is 0 Å². The summed E-state index contributed by atoms with van der Waals surface area (Å²) in [6, 6.07) is 12.6. The highest BCUT2D eigenvalue weighted by Crippen LogP contribution is 2.41. The molecule has 1 fully saturated rings. The number of fused-ring (bicyclic) bond motifs is 4. The second-order valence-corrected chi connectivity index (χ2v) is 10.2. The fraction of sp³-hybridized carbons (Fsp3) is 0.192. The summed E-state index contributed by atoms with van der Waals surface area (Å²) < 4.78 is 38.8. The van der Waals surface area contributed by atoms with Crippen molar-refractivity contribution in [3.05, 3.63) is 70.1 Å². The van der Waals surface area contributed by atoms with E-state index in [0.717, 1.165) is 41.0 Å². The molecule has 2 aromatic carbocycles. The van der Waals surface area contributed by atoms with Crippen LogP contribution in [0.2, 0.25) is 0 Å². The van der Waals surface area contributed by atoms with Crippen LogP contribution in [0.1, 0.15) is 36.9 Å². The number of nitriles is 1. The Labute approximate surface area is 199 Å². The second kappa shape index (κ2) is 7.48. The number of aryl methyl sites for hydroxylation is 1. The van der Waals surface area contributed by atoms with Crippen molar-refractivity contribution in [1.29, 1.82) is 5.26 Å². The number of aromatic nitrogens is 3. The number of H-pyrrole nitrogens is 1. The lowest BCUT2D eigenvalue weighted by molar-refractivity contribution is 0.551. The van der Waals surface area contributed by atoms with Crippen LogP contribution < -0.4 is 5.43 Å². The van der Waals surface area contributed by atoms with Crippen molar-refractivity contribution in [1.82, 2.24) is 14.5 Å². The Balaban J connectivity index is 1.73. The minimum Gasteiger partial charge on any atom is -0.340 e. The van der Waals surface area contributed by atoms with Gasteiger partial charge in [-0.1, -0.05) is 13.0 Å². The van der Waals surface area contributed by atoms with E-state index in [-0.39, 0.29) is 11.5 Å². The maximum Gasteiger partial charge on any atom is 0.333 e. The van der Waals surface area contributed by atoms with Crippen LogP contribution in [0.3, 0.4) is 0 Å². The van der Waals surface area contributed by atoms with Crippen LogP contribution >= 0.6 is 0 Å². The summed E-state index contributed by atoms with van der Waals surface area (Å²) in [5.74, 6) is 0. The highest BCUT2D eigenvalue weighted by Gasteiger charge is 2.29. The highest BCUT2D eigenvalue weighted by atomic mass is 32.3. The molecule has 7 nitrogen and oxygen atoms in total. The minimum absolute atomic E-state index is 0.109. The van der Waals surface area contributed by atoms with Gasteiger partial charge in [-0.2, -0.15) is 13.7 Å². The van der Waals surface area contributed by atoms with E-state index in [2.05, 4.69) is 20.6 Å². The zero-order valence-corrected chi connectivity index (χ0v) is 19.5. The van der Waals surface area contributed by atoms with Crippen molar-refractivity contribution in [3.63, 3.8) is 0 Å². The third kappa shape index (κ3) is 3.33. The average molecular weight is 487 g/mol. The smallest absolute Gasteiger partial charge is 0.333 e. The molecular weight excluding hydrogens is 467 g/mol. The van der Waals surface area contributed by atoms with Crippen molar-refractivity contribution >= 4 is 43.1 Å². The Hall–Kier alpha value is -4.03. The predicted octanol–water partition coefficient (Wildman–Crippen LogP) is 5.13. The zero-order chi connectivity index (χ0) is 24.5. The molecule has 0 amide bonds. The quantitative estimate of drug-likeness (QED) is 0.355. The summed E-state index contributed by atoms with van der Waals surface area (Å²) in [6.45, 7) is 1.95. The molecule has 1 saturated carbocycles. The minimum atomic E-state index is -4.91. The summed E-state index contributed by atoms with van der Waals surface area (Å²) in [4.78, 5) is 20.6. The van der Waals surface area contributed by atoms with Gasteiger partial charge < -0.3 is 9.55 Å². The SMILES string of the molecule is CCc1cc2c(=O)c3c4ccc(C#N)cc4[nH]c3n(C3CC3)c2cc1-c1cncc(S(=O)(=O)F)c1. The van der Waals surface area contributed by atoms with E-state index in [0.29, 0.717) is 39.5 Å². The first-order chi connectivity index (χ1) is 16.8. The molecule has 3 heterocycles. The molecule has 0 spiro atoms. The van der Waals surface area contributed by atoms with Gasteiger partial charge in [0, 0.05) is 40.3 Å². The molecule has 5 aromatic rings. The molecule has 0 unspecified atom stereocenters. The normalized spacial score (nSPS) is 14.1. The van der Waals surface area contributed by atoms with Gasteiger partial charge in [-0.3, -0.25) is 9.78 Å². The van der Waals surface area contributed by atoms with Crippen molar-refractivity contribution < 1.29 is 12.3 Å². The lowest BCUT2D eigenvalue weighted by Gasteiger charge is -2.16. The zero-order valence-electron chi connectivity index (χ0n) is 18.7. The summed E-state index contributed by atoms with van der Waals surface area (Å²) in [7, 11) is -4.91. The van der Waals surface area contributed by atoms with Crippen LogP contribution in [0.25, 0.3) is 44.0 Å². The van der Waals surface area contributed by atoms with Gasteiger partial charge in [0.2, 0.25) is 0 Å². The van der Waals surface area contributed by atoms with Crippen molar-refractivity contribution in [3.8, 4) is 17.2 Å². The fourth-order valence-electron chi connectivity index (χ4n) is 4.91. The predicted molar refractivity (Wildman–Crippen MR) is 131 cm³/mol. The molecule has 1 N–H and O–H groups in total. The fourth-order valence-corrected chi connectivity index (χ4v) is 5.36. The van der Waals surface area contributed by atoms with E-state index in [1.54, 1.807) is 18.2 Å². The summed E-state index contributed by atoms with van der Waals surface area (Å²) in [6.07, 6.45) is 4.99. The summed E-state index contributed by atoms with van der Waals surface area (Å²) in [5, 5.41) is 11.2. The number of hydrogen-bond acceptors (Lipinski definition) is 5. The Morgan fingerprint density at radius 3 is 2.66 bits per heavy atom. The molecule has 1 aliphatic carbocycles. The maximum atomic E-state index is 13.8. The third-order valence-electron chi connectivity index (χ3n) is 6.70. The number of halogens is 1. The Bertz CT molecular complexity index is 1910. The molecule has 0 saturated heterocycles. The van der Waals surface area contributed by atoms with Crippen LogP contribution in [-0.2, 0) is 16.6 Å². The summed E-state index contributed by atoms with van der Waals surface area (Å²) >= 11 is 0. The van der Waals surface area contributed by atoms with Gasteiger partial charge in [0.15, 0.2) is 5.43 Å². The van der Waals surface area contributed by atoms with Gasteiger partial charge >= 0.3 is 10.2 Å². The molecule has 0 atom stereocenters. The molecule has 1 aliphatic rings. The Morgan fingerprint density at radius 1 is 1.17 bits per heavy atom. The first-order valence-electron chi connectivity index (χ1n) is 11.3. The molecule has 174 valence electrons. The van der Waals surface area contributed by atoms with Gasteiger partial charge in [0.1, 0.15) is 10.5 Å². The first-order valence-corrected chi connectivity index (χ1v) is 12.6. The monoisotopic (exact) mass is 486 g/mol. The molecule has 9 heteroatoms. The Morgan fingerprint density at radius 2 is 1.97 bits per heavy atom. The lowest BCUT2D eigenvalue weighted by atomic mass is 9.96. The maximum absolute atomic E-state index is 13.8. The molecule has 0 aliphatic heterocycles. The lowest BCUT2D eigenvalue weighted by Crippen LogP contribution is -2.11. The molecule has 35 heavy (non-hydrogen) atoms. The molecule has 6 rings (SSSR count). The molecule has 3 aromatic heterocycles. The third-order valence-corrected chi connectivity index (χ3v) is 7.49. The van der Waals surface area contributed by atoms with Crippen molar-refractivity contribution in [2.45, 2.75) is 37.1 Å². The first kappa shape index (κ1) is 21.5. The van der Waals surface area contributed by atoms with Crippen LogP contribution in [0, 0.1) is 11.3 Å². The van der Waals surface area contributed by atoms with Crippen molar-refractivity contribution in [2.24, 2.45) is 0 Å². The van der Waals surface area contributed by atoms with E-state index in [9.17, 15) is 22.4 Å². The van der Waals surface area contributed by atoms with Crippen LogP contribution in [0.5, 0.6) is 0 Å². The number of pyridine rings is 2. The van der Waals surface area contributed by atoms with E-state index in [1.807, 2.05) is 19.1 Å². The van der Waals surface area contributed by atoms with Gasteiger partial charge in [-0.05, 0) is 60.7 Å². The summed E-state index contributed by atoms with van der Waals surface area (Å²) in [5.41, 5.74) is 4.54. The number of aromatic amines is 1. The van der Waals surface area contributed by atoms with Crippen LogP contribution in [0.15, 0.2) is 58.5 Å². The number of benzene rings is 2. The van der Waals surface area contributed by atoms with Crippen molar-refractivity contribution in [2.75, 3.05) is 0 Å². The van der Waals surface area contributed by atoms with Gasteiger partial charge in [0.05, 0.1) is 22.5 Å². The van der Waals surface area contributed by atoms with Crippen LogP contribution in [0.4, 0.5) is 3.89 Å². The van der Waals surface area contributed by atoms with E-state index < -0.39 is 15.1 Å². The number of nitrogens with zero attached hydrogens (tertiary/aromatic N) is 3. The van der Waals surface area contributed by atoms with Gasteiger partial charge in [0.25, 0.3) is 0 Å². The average Bonchev–Trinajstić information content (AvgIpc) is 3.62. The number of hydrogen-bond donors (Lipinski definition) is 1. The molecule has 0 bridgehead atoms. The van der Waals surface area contributed by atoms with E-state index >= 15 is 0 Å². The number of nitrogens with one attached hydrogen (secondary N) is 1. The van der Waals surface area contributed by atoms with Gasteiger partial charge in [-0.25, -0.2) is 0 Å². The highest BCUT2D eigenvalue weighted by molar-refractivity contribution is 7.86. The van der Waals surface area contributed by atoms with E-state index in [1.165, 1.54) is 12.3 Å². The standard InChI is InChI=1S/C26H19FN4O3S/c1-2-15-9-21-23(10-20(15)16-8-18(13-29-12-16)35(27,33)34)31(17-4-5-17)26-24(25(21)32)19-6-3-14(11-28)7-22(19)30-26/h3,6-10,12-13,17,30H,2,4-5H2,1H3. The number of rotatable bonds is 4. The van der Waals surface area contributed by atoms with Gasteiger partial charge in [-0.15, -0.1) is 3.89 Å². The molecule has 0 radical (unpaired) electrons. The Kier molecular flexibility index (Phi) is 4.60. The molecular formula is C26H19FN4O3S. The topological polar surface area (TPSA) is 109 Å².